The van der Waals surface area contributed by atoms with Crippen LogP contribution in [0, 0.1) is 0 Å². The van der Waals surface area contributed by atoms with Crippen molar-refractivity contribution in [1.82, 2.24) is 0 Å². The Morgan fingerprint density at radius 2 is 1.93 bits per heavy atom. The zero-order chi connectivity index (χ0) is 12.1. The molecule has 0 aromatic carbocycles. The zero-order valence-electron chi connectivity index (χ0n) is 7.82. The molecular weight excluding hydrogens is 250 g/mol. The van der Waals surface area contributed by atoms with Crippen molar-refractivity contribution in [2.24, 2.45) is 0 Å². The van der Waals surface area contributed by atoms with Crippen molar-refractivity contribution in [2.75, 3.05) is 6.61 Å². The summed E-state index contributed by atoms with van der Waals surface area (Å²) in [6, 6.07) is 0. The predicted molar refractivity (Wildman–Crippen MR) is 45.0 cm³/mol. The third-order valence-electron chi connectivity index (χ3n) is 0.997. The molecule has 1 N–H and O–H groups in total. The molecule has 0 fully saturated rings. The first-order valence-electron chi connectivity index (χ1n) is 3.64. The molecule has 0 bridgehead atoms. The Balaban J connectivity index is 3.93. The van der Waals surface area contributed by atoms with Crippen LogP contribution >= 0.6 is 15.6 Å². The first-order valence-corrected chi connectivity index (χ1v) is 6.60. The van der Waals surface area contributed by atoms with Crippen LogP contribution in [0.5, 0.6) is 0 Å². The van der Waals surface area contributed by atoms with Gasteiger partial charge >= 0.3 is 0 Å². The molecule has 0 aliphatic carbocycles. The van der Waals surface area contributed by atoms with Gasteiger partial charge in [0.05, 0.1) is 6.61 Å². The first kappa shape index (κ1) is 15.0. The quantitative estimate of drug-likeness (QED) is 0.289. The molecule has 0 amide bonds. The van der Waals surface area contributed by atoms with Gasteiger partial charge < -0.3 is 19.2 Å². The number of phosphoric acid groups is 2. The third kappa shape index (κ3) is 10.2. The van der Waals surface area contributed by atoms with E-state index < -0.39 is 15.6 Å². The Morgan fingerprint density at radius 1 is 1.40 bits per heavy atom. The van der Waals surface area contributed by atoms with Crippen molar-refractivity contribution >= 4 is 15.6 Å². The fourth-order valence-electron chi connectivity index (χ4n) is 0.436. The molecule has 15 heavy (non-hydrogen) atoms. The summed E-state index contributed by atoms with van der Waals surface area (Å²) in [5, 5.41) is 0. The van der Waals surface area contributed by atoms with Crippen molar-refractivity contribution in [3.05, 3.63) is 12.2 Å². The van der Waals surface area contributed by atoms with E-state index in [2.05, 4.69) is 20.5 Å². The molecule has 0 rings (SSSR count). The van der Waals surface area contributed by atoms with E-state index in [4.69, 9.17) is 4.89 Å². The Kier molecular flexibility index (Phi) is 5.87. The van der Waals surface area contributed by atoms with Crippen LogP contribution in [0.25, 0.3) is 0 Å². The summed E-state index contributed by atoms with van der Waals surface area (Å²) in [6.07, 6.45) is 0.254. The van der Waals surface area contributed by atoms with E-state index in [-0.39, 0.29) is 13.0 Å². The molecule has 0 saturated heterocycles. The van der Waals surface area contributed by atoms with Gasteiger partial charge in [0.1, 0.15) is 0 Å². The average Bonchev–Trinajstić information content (AvgIpc) is 1.99. The van der Waals surface area contributed by atoms with Gasteiger partial charge in [-0.15, -0.1) is 6.58 Å². The van der Waals surface area contributed by atoms with E-state index in [1.807, 2.05) is 0 Å². The maximum atomic E-state index is 10.7. The Hall–Kier alpha value is -0.0400. The fraction of sp³-hybridized carbons (Fsp3) is 0.600. The SMILES string of the molecule is C=C(C)CCOP(=O)([O-])OOP(=O)([O-])O. The maximum absolute atomic E-state index is 10.7. The zero-order valence-corrected chi connectivity index (χ0v) is 9.61. The lowest BCUT2D eigenvalue weighted by Crippen LogP contribution is -2.11. The molecule has 0 aliphatic heterocycles. The molecule has 0 saturated carbocycles. The number of hydrogen-bond donors (Lipinski definition) is 1. The largest absolute Gasteiger partial charge is 0.755 e. The second-order valence-electron chi connectivity index (χ2n) is 2.61. The topological polar surface area (TPSA) is 128 Å². The van der Waals surface area contributed by atoms with Crippen LogP contribution in [0.4, 0.5) is 0 Å². The molecule has 0 radical (unpaired) electrons. The minimum atomic E-state index is -5.26. The average molecular weight is 260 g/mol. The summed E-state index contributed by atoms with van der Waals surface area (Å²) in [7, 11) is -10.1. The van der Waals surface area contributed by atoms with Gasteiger partial charge in [-0.2, -0.15) is 9.35 Å². The summed E-state index contributed by atoms with van der Waals surface area (Å²) in [5.74, 6) is 0. The van der Waals surface area contributed by atoms with E-state index in [1.165, 1.54) is 0 Å². The Morgan fingerprint density at radius 3 is 2.33 bits per heavy atom. The van der Waals surface area contributed by atoms with Gasteiger partial charge in [0.15, 0.2) is 0 Å². The maximum Gasteiger partial charge on any atom is 0.298 e. The van der Waals surface area contributed by atoms with Crippen LogP contribution in [0.2, 0.25) is 0 Å². The van der Waals surface area contributed by atoms with Crippen LogP contribution in [0.15, 0.2) is 12.2 Å². The summed E-state index contributed by atoms with van der Waals surface area (Å²) in [6.45, 7) is 4.87. The summed E-state index contributed by atoms with van der Waals surface area (Å²) in [5.41, 5.74) is 0.674. The summed E-state index contributed by atoms with van der Waals surface area (Å²) in [4.78, 5) is 28.7. The van der Waals surface area contributed by atoms with Crippen molar-refractivity contribution in [1.29, 1.82) is 0 Å². The minimum absolute atomic E-state index is 0.254. The normalized spacial score (nSPS) is 19.2. The van der Waals surface area contributed by atoms with E-state index >= 15 is 0 Å². The van der Waals surface area contributed by atoms with Crippen molar-refractivity contribution in [3.63, 3.8) is 0 Å². The molecule has 0 aliphatic rings. The van der Waals surface area contributed by atoms with Gasteiger partial charge in [-0.25, -0.2) is 0 Å². The van der Waals surface area contributed by atoms with Crippen LogP contribution in [-0.4, -0.2) is 11.5 Å². The third-order valence-corrected chi connectivity index (χ3v) is 2.13. The van der Waals surface area contributed by atoms with Gasteiger partial charge in [-0.3, -0.25) is 9.13 Å². The highest BCUT2D eigenvalue weighted by Crippen LogP contribution is 2.44. The second kappa shape index (κ2) is 5.89. The lowest BCUT2D eigenvalue weighted by Gasteiger charge is -2.23. The van der Waals surface area contributed by atoms with E-state index in [1.54, 1.807) is 6.92 Å². The summed E-state index contributed by atoms with van der Waals surface area (Å²) < 4.78 is 31.4. The molecule has 90 valence electrons. The van der Waals surface area contributed by atoms with E-state index in [0.29, 0.717) is 5.57 Å². The summed E-state index contributed by atoms with van der Waals surface area (Å²) >= 11 is 0. The van der Waals surface area contributed by atoms with E-state index in [0.717, 1.165) is 0 Å². The Bertz CT molecular complexity index is 306. The highest BCUT2D eigenvalue weighted by molar-refractivity contribution is 7.47. The van der Waals surface area contributed by atoms with Crippen LogP contribution < -0.4 is 9.79 Å². The van der Waals surface area contributed by atoms with Gasteiger partial charge in [-0.05, 0) is 13.3 Å². The van der Waals surface area contributed by atoms with Gasteiger partial charge in [0.2, 0.25) is 0 Å². The second-order valence-corrected chi connectivity index (χ2v) is 4.99. The number of rotatable bonds is 7. The lowest BCUT2D eigenvalue weighted by atomic mass is 10.3. The first-order chi connectivity index (χ1) is 6.62. The molecule has 0 aromatic heterocycles. The van der Waals surface area contributed by atoms with E-state index in [9.17, 15) is 18.9 Å². The lowest BCUT2D eigenvalue weighted by molar-refractivity contribution is -0.308. The standard InChI is InChI=1S/C5H12O8P2/c1-5(2)3-4-11-15(9,10)13-12-14(6,7)8/h1,3-4H2,2H3,(H,9,10)(H2,6,7,8)/p-2. The smallest absolute Gasteiger partial charge is 0.298 e. The minimum Gasteiger partial charge on any atom is -0.755 e. The van der Waals surface area contributed by atoms with Crippen molar-refractivity contribution in [3.8, 4) is 0 Å². The monoisotopic (exact) mass is 260 g/mol. The molecule has 2 atom stereocenters. The van der Waals surface area contributed by atoms with Crippen molar-refractivity contribution < 1.29 is 37.7 Å². The number of phosphoric ester groups is 1. The molecule has 10 heteroatoms. The van der Waals surface area contributed by atoms with Crippen LogP contribution in [0.1, 0.15) is 13.3 Å². The van der Waals surface area contributed by atoms with Crippen molar-refractivity contribution in [2.45, 2.75) is 13.3 Å². The van der Waals surface area contributed by atoms with Crippen LogP contribution in [-0.2, 0) is 23.0 Å². The molecule has 8 nitrogen and oxygen atoms in total. The molecule has 0 heterocycles. The highest BCUT2D eigenvalue weighted by Gasteiger charge is 2.14. The molecular formula is C5H10O8P2-2. The van der Waals surface area contributed by atoms with Crippen LogP contribution in [0.3, 0.4) is 0 Å². The predicted octanol–water partition coefficient (Wildman–Crippen LogP) is -0.154. The fourth-order valence-corrected chi connectivity index (χ4v) is 1.46. The van der Waals surface area contributed by atoms with Gasteiger partial charge in [0.25, 0.3) is 15.6 Å². The Labute approximate surface area is 86.3 Å². The molecule has 0 aromatic rings. The molecule has 2 unspecified atom stereocenters. The van der Waals surface area contributed by atoms with Gasteiger partial charge in [-0.1, -0.05) is 5.57 Å². The highest BCUT2D eigenvalue weighted by atomic mass is 31.2. The number of hydrogen-bond acceptors (Lipinski definition) is 7. The molecule has 0 spiro atoms. The van der Waals surface area contributed by atoms with Gasteiger partial charge in [0, 0.05) is 0 Å².